The average molecular weight is 232 g/mol. The average Bonchev–Trinajstić information content (AvgIpc) is 2.37. The molecule has 90 valence electrons. The van der Waals surface area contributed by atoms with Gasteiger partial charge in [-0.15, -0.1) is 0 Å². The second kappa shape index (κ2) is 6.02. The van der Waals surface area contributed by atoms with Crippen LogP contribution in [0.5, 0.6) is 0 Å². The van der Waals surface area contributed by atoms with Crippen LogP contribution in [0, 0.1) is 11.3 Å². The van der Waals surface area contributed by atoms with Crippen LogP contribution in [-0.2, 0) is 9.53 Å². The molecule has 0 radical (unpaired) electrons. The summed E-state index contributed by atoms with van der Waals surface area (Å²) in [6, 6.07) is 9.01. The summed E-state index contributed by atoms with van der Waals surface area (Å²) in [5, 5.41) is 11.8. The molecule has 1 aromatic rings. The number of nitrogens with one attached hydrogen (secondary N) is 1. The highest BCUT2D eigenvalue weighted by atomic mass is 16.5. The fourth-order valence-corrected chi connectivity index (χ4v) is 1.56. The maximum Gasteiger partial charge on any atom is 0.322 e. The van der Waals surface area contributed by atoms with Gasteiger partial charge in [-0.1, -0.05) is 12.1 Å². The van der Waals surface area contributed by atoms with Crippen molar-refractivity contribution in [2.45, 2.75) is 25.9 Å². The van der Waals surface area contributed by atoms with Crippen molar-refractivity contribution >= 4 is 5.97 Å². The van der Waals surface area contributed by atoms with Crippen molar-refractivity contribution < 1.29 is 9.53 Å². The normalized spacial score (nSPS) is 13.5. The van der Waals surface area contributed by atoms with Gasteiger partial charge in [0.05, 0.1) is 18.7 Å². The zero-order valence-corrected chi connectivity index (χ0v) is 10.2. The highest BCUT2D eigenvalue weighted by Gasteiger charge is 2.16. The minimum atomic E-state index is -0.356. The molecule has 1 N–H and O–H groups in total. The highest BCUT2D eigenvalue weighted by Crippen LogP contribution is 2.13. The molecule has 0 aromatic heterocycles. The molecule has 0 aliphatic rings. The Labute approximate surface area is 101 Å². The topological polar surface area (TPSA) is 62.1 Å². The summed E-state index contributed by atoms with van der Waals surface area (Å²) in [6.07, 6.45) is 0. The largest absolute Gasteiger partial charge is 0.468 e. The summed E-state index contributed by atoms with van der Waals surface area (Å²) in [6.45, 7) is 3.72. The molecule has 0 unspecified atom stereocenters. The third-order valence-electron chi connectivity index (χ3n) is 2.59. The predicted molar refractivity (Wildman–Crippen MR) is 64.2 cm³/mol. The first kappa shape index (κ1) is 13.2. The van der Waals surface area contributed by atoms with Crippen molar-refractivity contribution in [1.29, 1.82) is 5.26 Å². The van der Waals surface area contributed by atoms with E-state index in [1.165, 1.54) is 7.11 Å². The van der Waals surface area contributed by atoms with E-state index < -0.39 is 0 Å². The van der Waals surface area contributed by atoms with E-state index in [1.54, 1.807) is 19.1 Å². The van der Waals surface area contributed by atoms with Crippen LogP contribution in [0.1, 0.15) is 31.0 Å². The number of carbonyl (C=O) groups excluding carboxylic acids is 1. The number of nitrogens with zero attached hydrogens (tertiary/aromatic N) is 1. The molecule has 2 atom stereocenters. The minimum Gasteiger partial charge on any atom is -0.468 e. The summed E-state index contributed by atoms with van der Waals surface area (Å²) in [5.74, 6) is -0.287. The Bertz CT molecular complexity index is 420. The number of rotatable bonds is 4. The summed E-state index contributed by atoms with van der Waals surface area (Å²) < 4.78 is 4.64. The molecule has 1 rings (SSSR count). The SMILES string of the molecule is COC(=O)[C@H](C)N[C@@H](C)c1ccc(C#N)cc1. The summed E-state index contributed by atoms with van der Waals surface area (Å²) in [5.41, 5.74) is 1.65. The highest BCUT2D eigenvalue weighted by molar-refractivity contribution is 5.75. The van der Waals surface area contributed by atoms with Crippen LogP contribution in [0.2, 0.25) is 0 Å². The Morgan fingerprint density at radius 2 is 1.94 bits per heavy atom. The van der Waals surface area contributed by atoms with E-state index in [-0.39, 0.29) is 18.1 Å². The molecule has 0 saturated heterocycles. The maximum atomic E-state index is 11.3. The van der Waals surface area contributed by atoms with Gasteiger partial charge >= 0.3 is 5.97 Å². The van der Waals surface area contributed by atoms with Gasteiger partial charge in [0.15, 0.2) is 0 Å². The predicted octanol–water partition coefficient (Wildman–Crippen LogP) is 1.77. The lowest BCUT2D eigenvalue weighted by atomic mass is 10.1. The number of methoxy groups -OCH3 is 1. The molecule has 1 aromatic carbocycles. The Hall–Kier alpha value is -1.86. The third-order valence-corrected chi connectivity index (χ3v) is 2.59. The van der Waals surface area contributed by atoms with Crippen molar-refractivity contribution in [1.82, 2.24) is 5.32 Å². The standard InChI is InChI=1S/C13H16N2O2/c1-9(15-10(2)13(16)17-3)12-6-4-11(8-14)5-7-12/h4-7,9-10,15H,1-3H3/t9-,10-/m0/s1. The number of hydrogen-bond donors (Lipinski definition) is 1. The molecule has 0 aliphatic carbocycles. The van der Waals surface area contributed by atoms with Crippen LogP contribution in [0.3, 0.4) is 0 Å². The Kier molecular flexibility index (Phi) is 4.68. The summed E-state index contributed by atoms with van der Waals surface area (Å²) in [7, 11) is 1.37. The number of benzene rings is 1. The van der Waals surface area contributed by atoms with E-state index in [2.05, 4.69) is 16.1 Å². The number of hydrogen-bond acceptors (Lipinski definition) is 4. The lowest BCUT2D eigenvalue weighted by molar-refractivity contribution is -0.142. The lowest BCUT2D eigenvalue weighted by Crippen LogP contribution is -2.36. The van der Waals surface area contributed by atoms with E-state index in [1.807, 2.05) is 19.1 Å². The van der Waals surface area contributed by atoms with Crippen LogP contribution in [0.15, 0.2) is 24.3 Å². The first-order valence-electron chi connectivity index (χ1n) is 5.42. The van der Waals surface area contributed by atoms with Crippen molar-refractivity contribution in [2.24, 2.45) is 0 Å². The quantitative estimate of drug-likeness (QED) is 0.804. The van der Waals surface area contributed by atoms with E-state index in [4.69, 9.17) is 5.26 Å². The molecule has 4 nitrogen and oxygen atoms in total. The number of ether oxygens (including phenoxy) is 1. The van der Waals surface area contributed by atoms with Crippen LogP contribution < -0.4 is 5.32 Å². The van der Waals surface area contributed by atoms with E-state index in [9.17, 15) is 4.79 Å². The molecular formula is C13H16N2O2. The monoisotopic (exact) mass is 232 g/mol. The molecule has 0 heterocycles. The molecule has 0 fully saturated rings. The second-order valence-electron chi connectivity index (χ2n) is 3.87. The molecular weight excluding hydrogens is 216 g/mol. The number of carbonyl (C=O) groups is 1. The maximum absolute atomic E-state index is 11.3. The van der Waals surface area contributed by atoms with Crippen molar-refractivity contribution in [2.75, 3.05) is 7.11 Å². The second-order valence-corrected chi connectivity index (χ2v) is 3.87. The van der Waals surface area contributed by atoms with Crippen LogP contribution in [-0.4, -0.2) is 19.1 Å². The van der Waals surface area contributed by atoms with Crippen LogP contribution >= 0.6 is 0 Å². The van der Waals surface area contributed by atoms with Crippen LogP contribution in [0.25, 0.3) is 0 Å². The van der Waals surface area contributed by atoms with Crippen molar-refractivity contribution in [3.63, 3.8) is 0 Å². The fourth-order valence-electron chi connectivity index (χ4n) is 1.56. The third kappa shape index (κ3) is 3.58. The molecule has 0 saturated carbocycles. The van der Waals surface area contributed by atoms with Gasteiger partial charge in [-0.05, 0) is 31.5 Å². The summed E-state index contributed by atoms with van der Waals surface area (Å²) in [4.78, 5) is 11.3. The van der Waals surface area contributed by atoms with E-state index in [0.717, 1.165) is 5.56 Å². The summed E-state index contributed by atoms with van der Waals surface area (Å²) >= 11 is 0. The van der Waals surface area contributed by atoms with Gasteiger partial charge in [-0.25, -0.2) is 0 Å². The molecule has 4 heteroatoms. The van der Waals surface area contributed by atoms with Gasteiger partial charge in [0, 0.05) is 6.04 Å². The van der Waals surface area contributed by atoms with E-state index >= 15 is 0 Å². The first-order chi connectivity index (χ1) is 8.08. The van der Waals surface area contributed by atoms with Gasteiger partial charge in [0.25, 0.3) is 0 Å². The molecule has 0 aliphatic heterocycles. The van der Waals surface area contributed by atoms with Gasteiger partial charge < -0.3 is 4.74 Å². The molecule has 0 amide bonds. The van der Waals surface area contributed by atoms with Gasteiger partial charge in [0.2, 0.25) is 0 Å². The number of nitriles is 1. The molecule has 0 bridgehead atoms. The molecule has 0 spiro atoms. The fraction of sp³-hybridized carbons (Fsp3) is 0.385. The smallest absolute Gasteiger partial charge is 0.322 e. The lowest BCUT2D eigenvalue weighted by Gasteiger charge is -2.18. The van der Waals surface area contributed by atoms with Gasteiger partial charge in [-0.3, -0.25) is 10.1 Å². The van der Waals surface area contributed by atoms with Gasteiger partial charge in [-0.2, -0.15) is 5.26 Å². The zero-order valence-electron chi connectivity index (χ0n) is 10.2. The molecule has 17 heavy (non-hydrogen) atoms. The first-order valence-corrected chi connectivity index (χ1v) is 5.42. The minimum absolute atomic E-state index is 0.0249. The Morgan fingerprint density at radius 3 is 2.41 bits per heavy atom. The van der Waals surface area contributed by atoms with Crippen LogP contribution in [0.4, 0.5) is 0 Å². The Morgan fingerprint density at radius 1 is 1.35 bits per heavy atom. The van der Waals surface area contributed by atoms with Crippen molar-refractivity contribution in [3.05, 3.63) is 35.4 Å². The van der Waals surface area contributed by atoms with E-state index in [0.29, 0.717) is 5.56 Å². The van der Waals surface area contributed by atoms with Crippen molar-refractivity contribution in [3.8, 4) is 6.07 Å². The van der Waals surface area contributed by atoms with Gasteiger partial charge in [0.1, 0.15) is 6.04 Å². The zero-order chi connectivity index (χ0) is 12.8. The number of esters is 1. The Balaban J connectivity index is 2.66.